The first kappa shape index (κ1) is 16.3. The Balaban J connectivity index is 1.49. The summed E-state index contributed by atoms with van der Waals surface area (Å²) in [7, 11) is 0. The zero-order valence-corrected chi connectivity index (χ0v) is 14.3. The summed E-state index contributed by atoms with van der Waals surface area (Å²) in [5.41, 5.74) is 1.67. The van der Waals surface area contributed by atoms with E-state index in [1.165, 1.54) is 0 Å². The van der Waals surface area contributed by atoms with Crippen LogP contribution in [0.2, 0.25) is 0 Å². The fraction of sp³-hybridized carbons (Fsp3) is 0.190. The maximum Gasteiger partial charge on any atom is 0.227 e. The predicted octanol–water partition coefficient (Wildman–Crippen LogP) is 2.90. The molecule has 130 valence electrons. The fourth-order valence-corrected chi connectivity index (χ4v) is 3.38. The number of carbonyl (C=O) groups is 2. The molecule has 2 amide bonds. The standard InChI is InChI=1S/C21H19N3O2/c25-20-12-16(21(26)23-13-17-8-3-4-11-22-17)14-24(20)19-10-5-7-15-6-1-2-9-18(15)19/h1-11,16H,12-14H2,(H,23,26). The van der Waals surface area contributed by atoms with Gasteiger partial charge in [-0.05, 0) is 23.6 Å². The van der Waals surface area contributed by atoms with Gasteiger partial charge in [-0.25, -0.2) is 0 Å². The quantitative estimate of drug-likeness (QED) is 0.791. The highest BCUT2D eigenvalue weighted by molar-refractivity contribution is 6.06. The molecular formula is C21H19N3O2. The van der Waals surface area contributed by atoms with Gasteiger partial charge in [-0.1, -0.05) is 42.5 Å². The minimum atomic E-state index is -0.342. The third-order valence-electron chi connectivity index (χ3n) is 4.72. The summed E-state index contributed by atoms with van der Waals surface area (Å²) in [6, 6.07) is 19.5. The number of hydrogen-bond donors (Lipinski definition) is 1. The zero-order valence-electron chi connectivity index (χ0n) is 14.3. The SMILES string of the molecule is O=C(NCc1ccccn1)C1CC(=O)N(c2cccc3ccccc23)C1. The van der Waals surface area contributed by atoms with Crippen molar-refractivity contribution in [2.45, 2.75) is 13.0 Å². The van der Waals surface area contributed by atoms with Crippen LogP contribution >= 0.6 is 0 Å². The summed E-state index contributed by atoms with van der Waals surface area (Å²) in [6.45, 7) is 0.777. The van der Waals surface area contributed by atoms with Gasteiger partial charge in [-0.3, -0.25) is 14.6 Å². The fourth-order valence-electron chi connectivity index (χ4n) is 3.38. The van der Waals surface area contributed by atoms with Crippen molar-refractivity contribution < 1.29 is 9.59 Å². The van der Waals surface area contributed by atoms with Gasteiger partial charge in [0, 0.05) is 24.5 Å². The first-order valence-corrected chi connectivity index (χ1v) is 8.68. The molecule has 0 bridgehead atoms. The minimum Gasteiger partial charge on any atom is -0.350 e. The Bertz CT molecular complexity index is 950. The van der Waals surface area contributed by atoms with E-state index in [0.29, 0.717) is 13.1 Å². The Kier molecular flexibility index (Phi) is 4.35. The van der Waals surface area contributed by atoms with Crippen LogP contribution in [0.5, 0.6) is 0 Å². The van der Waals surface area contributed by atoms with Crippen molar-refractivity contribution in [1.82, 2.24) is 10.3 Å². The molecule has 26 heavy (non-hydrogen) atoms. The van der Waals surface area contributed by atoms with Crippen LogP contribution in [0.1, 0.15) is 12.1 Å². The number of carbonyl (C=O) groups excluding carboxylic acids is 2. The number of nitrogens with one attached hydrogen (secondary N) is 1. The Morgan fingerprint density at radius 1 is 1.08 bits per heavy atom. The monoisotopic (exact) mass is 345 g/mol. The van der Waals surface area contributed by atoms with Crippen molar-refractivity contribution in [3.63, 3.8) is 0 Å². The first-order chi connectivity index (χ1) is 12.7. The van der Waals surface area contributed by atoms with Crippen LogP contribution in [0, 0.1) is 5.92 Å². The van der Waals surface area contributed by atoms with E-state index in [1.54, 1.807) is 11.1 Å². The molecular weight excluding hydrogens is 326 g/mol. The lowest BCUT2D eigenvalue weighted by molar-refractivity contribution is -0.126. The summed E-state index contributed by atoms with van der Waals surface area (Å²) in [4.78, 5) is 31.0. The normalized spacial score (nSPS) is 16.8. The van der Waals surface area contributed by atoms with Crippen LogP contribution in [0.4, 0.5) is 5.69 Å². The van der Waals surface area contributed by atoms with E-state index < -0.39 is 0 Å². The molecule has 2 aromatic carbocycles. The first-order valence-electron chi connectivity index (χ1n) is 8.68. The molecule has 1 aliphatic rings. The van der Waals surface area contributed by atoms with E-state index in [1.807, 2.05) is 60.7 Å². The van der Waals surface area contributed by atoms with E-state index >= 15 is 0 Å². The van der Waals surface area contributed by atoms with Crippen molar-refractivity contribution >= 4 is 28.3 Å². The number of benzene rings is 2. The van der Waals surface area contributed by atoms with Gasteiger partial charge in [-0.15, -0.1) is 0 Å². The number of nitrogens with zero attached hydrogens (tertiary/aromatic N) is 2. The summed E-state index contributed by atoms with van der Waals surface area (Å²) in [6.07, 6.45) is 1.93. The number of pyridine rings is 1. The highest BCUT2D eigenvalue weighted by Gasteiger charge is 2.35. The number of anilines is 1. The molecule has 3 aromatic rings. The second kappa shape index (κ2) is 6.96. The second-order valence-corrected chi connectivity index (χ2v) is 6.44. The summed E-state index contributed by atoms with van der Waals surface area (Å²) < 4.78 is 0. The number of amides is 2. The van der Waals surface area contributed by atoms with Gasteiger partial charge in [0.15, 0.2) is 0 Å². The molecule has 1 saturated heterocycles. The smallest absolute Gasteiger partial charge is 0.227 e. The molecule has 5 nitrogen and oxygen atoms in total. The average Bonchev–Trinajstić information content (AvgIpc) is 3.08. The second-order valence-electron chi connectivity index (χ2n) is 6.44. The Labute approximate surface area is 151 Å². The van der Waals surface area contributed by atoms with Crippen LogP contribution in [-0.4, -0.2) is 23.3 Å². The average molecular weight is 345 g/mol. The molecule has 0 saturated carbocycles. The molecule has 4 rings (SSSR count). The molecule has 1 aromatic heterocycles. The molecule has 5 heteroatoms. The summed E-state index contributed by atoms with van der Waals surface area (Å²) in [5.74, 6) is -0.462. The van der Waals surface area contributed by atoms with Crippen molar-refractivity contribution in [3.05, 3.63) is 72.6 Å². The van der Waals surface area contributed by atoms with Crippen molar-refractivity contribution in [2.75, 3.05) is 11.4 Å². The molecule has 1 unspecified atom stereocenters. The van der Waals surface area contributed by atoms with Gasteiger partial charge in [0.25, 0.3) is 0 Å². The van der Waals surface area contributed by atoms with E-state index in [-0.39, 0.29) is 24.2 Å². The highest BCUT2D eigenvalue weighted by atomic mass is 16.2. The van der Waals surface area contributed by atoms with E-state index in [4.69, 9.17) is 0 Å². The maximum absolute atomic E-state index is 12.5. The molecule has 2 heterocycles. The topological polar surface area (TPSA) is 62.3 Å². The lowest BCUT2D eigenvalue weighted by Gasteiger charge is -2.19. The third kappa shape index (κ3) is 3.16. The Morgan fingerprint density at radius 3 is 2.73 bits per heavy atom. The van der Waals surface area contributed by atoms with Crippen molar-refractivity contribution in [2.24, 2.45) is 5.92 Å². The number of hydrogen-bond acceptors (Lipinski definition) is 3. The number of aromatic nitrogens is 1. The van der Waals surface area contributed by atoms with Crippen LogP contribution in [-0.2, 0) is 16.1 Å². The van der Waals surface area contributed by atoms with Gasteiger partial charge < -0.3 is 10.2 Å². The van der Waals surface area contributed by atoms with Gasteiger partial charge in [0.05, 0.1) is 23.8 Å². The van der Waals surface area contributed by atoms with Gasteiger partial charge in [-0.2, -0.15) is 0 Å². The summed E-state index contributed by atoms with van der Waals surface area (Å²) in [5, 5.41) is 5.00. The zero-order chi connectivity index (χ0) is 17.9. The van der Waals surface area contributed by atoms with E-state index in [2.05, 4.69) is 10.3 Å². The molecule has 1 atom stereocenters. The Hall–Kier alpha value is -3.21. The van der Waals surface area contributed by atoms with Gasteiger partial charge in [0.2, 0.25) is 11.8 Å². The van der Waals surface area contributed by atoms with Crippen LogP contribution < -0.4 is 10.2 Å². The molecule has 1 aliphatic heterocycles. The van der Waals surface area contributed by atoms with Crippen LogP contribution in [0.15, 0.2) is 66.9 Å². The van der Waals surface area contributed by atoms with Gasteiger partial charge in [0.1, 0.15) is 0 Å². The maximum atomic E-state index is 12.5. The van der Waals surface area contributed by atoms with E-state index in [0.717, 1.165) is 22.2 Å². The lowest BCUT2D eigenvalue weighted by Crippen LogP contribution is -2.32. The molecule has 0 aliphatic carbocycles. The van der Waals surface area contributed by atoms with Crippen molar-refractivity contribution in [3.8, 4) is 0 Å². The molecule has 1 fully saturated rings. The van der Waals surface area contributed by atoms with Crippen LogP contribution in [0.3, 0.4) is 0 Å². The van der Waals surface area contributed by atoms with Crippen LogP contribution in [0.25, 0.3) is 10.8 Å². The molecule has 0 radical (unpaired) electrons. The number of rotatable bonds is 4. The van der Waals surface area contributed by atoms with E-state index in [9.17, 15) is 9.59 Å². The van der Waals surface area contributed by atoms with Gasteiger partial charge >= 0.3 is 0 Å². The largest absolute Gasteiger partial charge is 0.350 e. The summed E-state index contributed by atoms with van der Waals surface area (Å²) >= 11 is 0. The minimum absolute atomic E-state index is 0.0145. The number of fused-ring (bicyclic) bond motifs is 1. The Morgan fingerprint density at radius 2 is 1.88 bits per heavy atom. The predicted molar refractivity (Wildman–Crippen MR) is 100 cm³/mol. The van der Waals surface area contributed by atoms with Crippen molar-refractivity contribution in [1.29, 1.82) is 0 Å². The molecule has 0 spiro atoms. The highest BCUT2D eigenvalue weighted by Crippen LogP contribution is 2.31. The lowest BCUT2D eigenvalue weighted by atomic mass is 10.1. The third-order valence-corrected chi connectivity index (χ3v) is 4.72. The molecule has 1 N–H and O–H groups in total.